The number of rotatable bonds is 0. The van der Waals surface area contributed by atoms with E-state index in [2.05, 4.69) is 67.4 Å². The van der Waals surface area contributed by atoms with Gasteiger partial charge in [-0.05, 0) is 18.4 Å². The van der Waals surface area contributed by atoms with Gasteiger partial charge in [-0.3, -0.25) is 0 Å². The van der Waals surface area contributed by atoms with E-state index in [0.717, 1.165) is 5.65 Å². The van der Waals surface area contributed by atoms with Crippen LogP contribution in [-0.4, -0.2) is 9.38 Å². The average molecular weight is 238 g/mol. The van der Waals surface area contributed by atoms with E-state index in [9.17, 15) is 0 Å². The van der Waals surface area contributed by atoms with Crippen molar-refractivity contribution in [3.63, 3.8) is 0 Å². The molecule has 1 aromatic carbocycles. The summed E-state index contributed by atoms with van der Waals surface area (Å²) in [6.45, 7) is 8.85. The van der Waals surface area contributed by atoms with Gasteiger partial charge in [-0.1, -0.05) is 45.0 Å². The van der Waals surface area contributed by atoms with Crippen LogP contribution in [0.1, 0.15) is 32.2 Å². The molecule has 0 spiro atoms. The number of aromatic nitrogens is 2. The fourth-order valence-corrected chi connectivity index (χ4v) is 2.52. The highest BCUT2D eigenvalue weighted by Crippen LogP contribution is 2.29. The second kappa shape index (κ2) is 3.58. The smallest absolute Gasteiger partial charge is 0.145 e. The van der Waals surface area contributed by atoms with Crippen LogP contribution in [-0.2, 0) is 5.41 Å². The molecule has 3 rings (SSSR count). The first-order chi connectivity index (χ1) is 8.48. The third kappa shape index (κ3) is 1.52. The van der Waals surface area contributed by atoms with Crippen molar-refractivity contribution >= 4 is 16.4 Å². The van der Waals surface area contributed by atoms with E-state index in [4.69, 9.17) is 0 Å². The molecule has 0 N–H and O–H groups in total. The molecule has 0 saturated carbocycles. The molecule has 0 fully saturated rings. The zero-order chi connectivity index (χ0) is 12.9. The normalized spacial score (nSPS) is 12.4. The highest BCUT2D eigenvalue weighted by atomic mass is 15.0. The fraction of sp³-hybridized carbons (Fsp3) is 0.312. The lowest BCUT2D eigenvalue weighted by Gasteiger charge is -2.22. The summed E-state index contributed by atoms with van der Waals surface area (Å²) in [7, 11) is 0. The Morgan fingerprint density at radius 3 is 2.56 bits per heavy atom. The molecular weight excluding hydrogens is 220 g/mol. The van der Waals surface area contributed by atoms with Crippen molar-refractivity contribution in [3.05, 3.63) is 47.9 Å². The van der Waals surface area contributed by atoms with Crippen LogP contribution in [0.5, 0.6) is 0 Å². The first-order valence-electron chi connectivity index (χ1n) is 6.35. The fourth-order valence-electron chi connectivity index (χ4n) is 2.52. The second-order valence-corrected chi connectivity index (χ2v) is 5.93. The van der Waals surface area contributed by atoms with Gasteiger partial charge in [0.2, 0.25) is 0 Å². The van der Waals surface area contributed by atoms with Crippen molar-refractivity contribution in [2.75, 3.05) is 0 Å². The SMILES string of the molecule is Cc1cnc2c3ccccc3cc(C(C)(C)C)n12. The molecule has 0 aliphatic rings. The number of hydrogen-bond donors (Lipinski definition) is 0. The summed E-state index contributed by atoms with van der Waals surface area (Å²) in [6, 6.07) is 10.7. The van der Waals surface area contributed by atoms with Gasteiger partial charge >= 0.3 is 0 Å². The number of fused-ring (bicyclic) bond motifs is 3. The molecule has 0 saturated heterocycles. The zero-order valence-corrected chi connectivity index (χ0v) is 11.4. The molecule has 2 nitrogen and oxygen atoms in total. The number of hydrogen-bond acceptors (Lipinski definition) is 1. The zero-order valence-electron chi connectivity index (χ0n) is 11.4. The predicted molar refractivity (Wildman–Crippen MR) is 76.1 cm³/mol. The first-order valence-corrected chi connectivity index (χ1v) is 6.35. The van der Waals surface area contributed by atoms with E-state index in [0.29, 0.717) is 0 Å². The van der Waals surface area contributed by atoms with Crippen LogP contribution in [0.2, 0.25) is 0 Å². The molecule has 0 aliphatic heterocycles. The van der Waals surface area contributed by atoms with Crippen molar-refractivity contribution in [2.45, 2.75) is 33.1 Å². The van der Waals surface area contributed by atoms with Gasteiger partial charge in [0.05, 0.1) is 0 Å². The van der Waals surface area contributed by atoms with E-state index in [1.54, 1.807) is 0 Å². The molecule has 0 bridgehead atoms. The topological polar surface area (TPSA) is 17.3 Å². The number of aryl methyl sites for hydroxylation is 1. The predicted octanol–water partition coefficient (Wildman–Crippen LogP) is 4.09. The van der Waals surface area contributed by atoms with Gasteiger partial charge in [0.1, 0.15) is 5.65 Å². The maximum atomic E-state index is 4.58. The third-order valence-corrected chi connectivity index (χ3v) is 3.44. The highest BCUT2D eigenvalue weighted by molar-refractivity contribution is 5.94. The van der Waals surface area contributed by atoms with Crippen molar-refractivity contribution in [1.29, 1.82) is 0 Å². The van der Waals surface area contributed by atoms with Crippen LogP contribution in [0.4, 0.5) is 0 Å². The minimum Gasteiger partial charge on any atom is -0.300 e. The van der Waals surface area contributed by atoms with Gasteiger partial charge < -0.3 is 4.40 Å². The average Bonchev–Trinajstić information content (AvgIpc) is 2.70. The molecule has 0 atom stereocenters. The minimum atomic E-state index is 0.105. The van der Waals surface area contributed by atoms with Crippen molar-refractivity contribution < 1.29 is 0 Å². The Balaban J connectivity index is 2.57. The van der Waals surface area contributed by atoms with Crippen LogP contribution in [0.25, 0.3) is 16.4 Å². The molecule has 18 heavy (non-hydrogen) atoms. The standard InChI is InChI=1S/C16H18N2/c1-11-10-17-15-13-8-6-5-7-12(13)9-14(18(11)15)16(2,3)4/h5-10H,1-4H3. The van der Waals surface area contributed by atoms with Gasteiger partial charge in [-0.25, -0.2) is 4.98 Å². The highest BCUT2D eigenvalue weighted by Gasteiger charge is 2.20. The minimum absolute atomic E-state index is 0.105. The van der Waals surface area contributed by atoms with Crippen LogP contribution < -0.4 is 0 Å². The summed E-state index contributed by atoms with van der Waals surface area (Å²) in [4.78, 5) is 4.58. The van der Waals surface area contributed by atoms with Crippen LogP contribution in [0, 0.1) is 6.92 Å². The molecule has 92 valence electrons. The number of benzene rings is 1. The molecule has 2 heterocycles. The van der Waals surface area contributed by atoms with Gasteiger partial charge in [0, 0.05) is 28.4 Å². The number of nitrogens with zero attached hydrogens (tertiary/aromatic N) is 2. The lowest BCUT2D eigenvalue weighted by atomic mass is 9.90. The summed E-state index contributed by atoms with van der Waals surface area (Å²) in [6.07, 6.45) is 1.96. The Hall–Kier alpha value is -1.83. The Labute approximate surface area is 107 Å². The summed E-state index contributed by atoms with van der Waals surface area (Å²) in [5.41, 5.74) is 3.68. The summed E-state index contributed by atoms with van der Waals surface area (Å²) in [5, 5.41) is 2.49. The molecule has 2 heteroatoms. The molecule has 0 radical (unpaired) electrons. The maximum Gasteiger partial charge on any atom is 0.145 e. The van der Waals surface area contributed by atoms with Gasteiger partial charge in [0.15, 0.2) is 0 Å². The van der Waals surface area contributed by atoms with E-state index >= 15 is 0 Å². The molecule has 0 aliphatic carbocycles. The Morgan fingerprint density at radius 2 is 1.83 bits per heavy atom. The van der Waals surface area contributed by atoms with Crippen molar-refractivity contribution in [3.8, 4) is 0 Å². The van der Waals surface area contributed by atoms with Gasteiger partial charge in [0.25, 0.3) is 0 Å². The molecule has 0 unspecified atom stereocenters. The Kier molecular flexibility index (Phi) is 2.24. The first kappa shape index (κ1) is 11.3. The third-order valence-electron chi connectivity index (χ3n) is 3.44. The Morgan fingerprint density at radius 1 is 1.11 bits per heavy atom. The summed E-state index contributed by atoms with van der Waals surface area (Å²) < 4.78 is 2.28. The van der Waals surface area contributed by atoms with E-state index in [1.807, 2.05) is 6.20 Å². The van der Waals surface area contributed by atoms with Gasteiger partial charge in [-0.15, -0.1) is 0 Å². The monoisotopic (exact) mass is 238 g/mol. The number of pyridine rings is 1. The molecule has 3 aromatic rings. The lowest BCUT2D eigenvalue weighted by molar-refractivity contribution is 0.560. The largest absolute Gasteiger partial charge is 0.300 e. The molecule has 2 aromatic heterocycles. The van der Waals surface area contributed by atoms with E-state index < -0.39 is 0 Å². The maximum absolute atomic E-state index is 4.58. The second-order valence-electron chi connectivity index (χ2n) is 5.93. The van der Waals surface area contributed by atoms with Crippen LogP contribution >= 0.6 is 0 Å². The van der Waals surface area contributed by atoms with E-state index in [1.165, 1.54) is 22.2 Å². The van der Waals surface area contributed by atoms with Crippen molar-refractivity contribution in [2.24, 2.45) is 0 Å². The van der Waals surface area contributed by atoms with Gasteiger partial charge in [-0.2, -0.15) is 0 Å². The summed E-state index contributed by atoms with van der Waals surface area (Å²) >= 11 is 0. The lowest BCUT2D eigenvalue weighted by Crippen LogP contribution is -2.17. The number of imidazole rings is 1. The van der Waals surface area contributed by atoms with E-state index in [-0.39, 0.29) is 5.41 Å². The van der Waals surface area contributed by atoms with Crippen LogP contribution in [0.3, 0.4) is 0 Å². The quantitative estimate of drug-likeness (QED) is 0.576. The van der Waals surface area contributed by atoms with Crippen molar-refractivity contribution in [1.82, 2.24) is 9.38 Å². The molecule has 0 amide bonds. The van der Waals surface area contributed by atoms with Crippen LogP contribution in [0.15, 0.2) is 36.5 Å². The Bertz CT molecular complexity index is 730. The molecular formula is C16H18N2. The summed E-state index contributed by atoms with van der Waals surface area (Å²) in [5.74, 6) is 0.